The molecule has 3 N–H and O–H groups in total. The molecular weight excluding hydrogens is 900 g/mol. The van der Waals surface area contributed by atoms with Crippen molar-refractivity contribution in [3.05, 3.63) is 76.3 Å². The zero-order valence-corrected chi connectivity index (χ0v) is 43.3. The number of carbonyl (C=O) groups excluding carboxylic acids is 4. The third-order valence-corrected chi connectivity index (χ3v) is 14.6. The number of halogens is 1. The Balaban J connectivity index is 0.00000570. The van der Waals surface area contributed by atoms with E-state index in [9.17, 15) is 29.1 Å². The molecule has 13 nitrogen and oxygen atoms in total. The Kier molecular flexibility index (Phi) is 23.4. The molecule has 0 radical (unpaired) electrons. The van der Waals surface area contributed by atoms with Gasteiger partial charge in [0, 0.05) is 56.9 Å². The van der Waals surface area contributed by atoms with Crippen LogP contribution in [0.1, 0.15) is 117 Å². The van der Waals surface area contributed by atoms with Crippen LogP contribution in [-0.4, -0.2) is 114 Å². The number of hydrogen-bond acceptors (Lipinski definition) is 11. The van der Waals surface area contributed by atoms with E-state index in [0.717, 1.165) is 51.1 Å². The van der Waals surface area contributed by atoms with E-state index in [1.807, 2.05) is 43.4 Å². The zero-order chi connectivity index (χ0) is 49.2. The van der Waals surface area contributed by atoms with Gasteiger partial charge in [0.2, 0.25) is 17.7 Å². The van der Waals surface area contributed by atoms with Gasteiger partial charge in [0.25, 0.3) is 0 Å². The molecule has 3 amide bonds. The molecule has 5 atom stereocenters. The summed E-state index contributed by atoms with van der Waals surface area (Å²) in [5.41, 5.74) is 1.80. The molecule has 368 valence electrons. The van der Waals surface area contributed by atoms with Crippen molar-refractivity contribution in [1.82, 2.24) is 20.4 Å². The monoisotopic (exact) mass is 974 g/mol. The Morgan fingerprint density at radius 2 is 1.64 bits per heavy atom. The van der Waals surface area contributed by atoms with Crippen LogP contribution < -0.4 is 15.4 Å². The molecule has 4 rings (SSSR count). The number of piperazine rings is 1. The van der Waals surface area contributed by atoms with Gasteiger partial charge in [0.1, 0.15) is 17.9 Å². The van der Waals surface area contributed by atoms with Gasteiger partial charge in [0.05, 0.1) is 23.7 Å². The Bertz CT molecular complexity index is 1920. The molecule has 0 aliphatic carbocycles. The van der Waals surface area contributed by atoms with Gasteiger partial charge in [-0.3, -0.25) is 24.1 Å². The Hall–Kier alpha value is -3.76. The highest BCUT2D eigenvalue weighted by atomic mass is 35.5. The first-order valence-electron chi connectivity index (χ1n) is 23.2. The van der Waals surface area contributed by atoms with Crippen LogP contribution in [0.2, 0.25) is 5.02 Å². The SMILES string of the molecule is CC.COc1ccc(C[C@@H](NC(=O)/C=C/CC[C@H](C)C2OC2c2ccc(CN3CCN(C(=O)CCC(C)(C)SSC)CC3)cc2)C(=O)NCC(C)(C)C(=O)O[C@@H](CC(C)C)C(=O)O)cc1Cl. The quantitative estimate of drug-likeness (QED) is 0.0375. The molecule has 2 aliphatic heterocycles. The summed E-state index contributed by atoms with van der Waals surface area (Å²) in [4.78, 5) is 68.8. The van der Waals surface area contributed by atoms with Crippen LogP contribution in [0.5, 0.6) is 5.75 Å². The average Bonchev–Trinajstić information content (AvgIpc) is 4.08. The van der Waals surface area contributed by atoms with Crippen LogP contribution in [0.15, 0.2) is 54.6 Å². The molecule has 0 spiro atoms. The number of rotatable bonds is 25. The van der Waals surface area contributed by atoms with Crippen molar-refractivity contribution in [2.24, 2.45) is 17.3 Å². The second kappa shape index (κ2) is 27.3. The van der Waals surface area contributed by atoms with E-state index in [1.165, 1.54) is 18.7 Å². The Morgan fingerprint density at radius 1 is 0.985 bits per heavy atom. The molecule has 0 bridgehead atoms. The largest absolute Gasteiger partial charge is 0.495 e. The summed E-state index contributed by atoms with van der Waals surface area (Å²) in [5.74, 6) is -2.03. The minimum absolute atomic E-state index is 0.0129. The first-order valence-corrected chi connectivity index (χ1v) is 26.1. The van der Waals surface area contributed by atoms with Gasteiger partial charge in [-0.25, -0.2) is 4.79 Å². The standard InChI is InChI=1S/C48H69ClN4O9S2.C2H6/c1-31(2)26-39(45(57)58)61-46(59)47(4,5)30-50-44(56)37(28-34-16-19-38(60-8)36(49)27-34)51-40(54)13-11-10-12-32(3)42-43(62-42)35-17-14-33(15-18-35)29-52-22-24-53(25-23-52)41(55)20-21-48(6,7)64-63-9;1-2/h11,13-19,27,31-32,37,39,42-43H,10,12,20-26,28-30H2,1-9H3,(H,50,56)(H,51,54)(H,57,58);1-2H3/b13-11+;/t32-,37+,39-,42?,43?;/m0./s1. The van der Waals surface area contributed by atoms with Crippen molar-refractivity contribution >= 4 is 62.8 Å². The maximum Gasteiger partial charge on any atom is 0.345 e. The third-order valence-electron chi connectivity index (χ3n) is 11.6. The molecule has 2 heterocycles. The average molecular weight is 976 g/mol. The molecule has 2 saturated heterocycles. The normalized spacial score (nSPS) is 17.9. The van der Waals surface area contributed by atoms with Gasteiger partial charge < -0.3 is 34.9 Å². The Morgan fingerprint density at radius 3 is 2.23 bits per heavy atom. The Labute approximate surface area is 406 Å². The van der Waals surface area contributed by atoms with E-state index in [0.29, 0.717) is 29.2 Å². The number of esters is 1. The summed E-state index contributed by atoms with van der Waals surface area (Å²) < 4.78 is 16.8. The van der Waals surface area contributed by atoms with Gasteiger partial charge in [-0.1, -0.05) is 104 Å². The molecule has 2 aliphatic rings. The van der Waals surface area contributed by atoms with Crippen LogP contribution in [0.3, 0.4) is 0 Å². The first kappa shape index (κ1) is 56.6. The van der Waals surface area contributed by atoms with Crippen LogP contribution in [0, 0.1) is 17.3 Å². The van der Waals surface area contributed by atoms with Gasteiger partial charge in [-0.05, 0) is 106 Å². The highest BCUT2D eigenvalue weighted by molar-refractivity contribution is 8.76. The van der Waals surface area contributed by atoms with Crippen molar-refractivity contribution in [1.29, 1.82) is 0 Å². The van der Waals surface area contributed by atoms with Crippen molar-refractivity contribution in [3.63, 3.8) is 0 Å². The van der Waals surface area contributed by atoms with Gasteiger partial charge in [0.15, 0.2) is 6.10 Å². The lowest BCUT2D eigenvalue weighted by Crippen LogP contribution is -2.51. The van der Waals surface area contributed by atoms with Gasteiger partial charge in [-0.2, -0.15) is 0 Å². The number of ether oxygens (including phenoxy) is 3. The smallest absolute Gasteiger partial charge is 0.345 e. The topological polar surface area (TPSA) is 167 Å². The van der Waals surface area contributed by atoms with E-state index >= 15 is 0 Å². The second-order valence-electron chi connectivity index (χ2n) is 18.6. The van der Waals surface area contributed by atoms with Crippen molar-refractivity contribution in [2.45, 2.75) is 136 Å². The number of nitrogens with zero attached hydrogens (tertiary/aromatic N) is 2. The van der Waals surface area contributed by atoms with E-state index in [2.05, 4.69) is 66.8 Å². The first-order chi connectivity index (χ1) is 31.2. The van der Waals surface area contributed by atoms with Crippen LogP contribution in [0.4, 0.5) is 0 Å². The lowest BCUT2D eigenvalue weighted by atomic mass is 9.93. The number of methoxy groups -OCH3 is 1. The fourth-order valence-corrected chi connectivity index (χ4v) is 10.0. The molecule has 0 aromatic heterocycles. The van der Waals surface area contributed by atoms with E-state index in [1.54, 1.807) is 48.9 Å². The summed E-state index contributed by atoms with van der Waals surface area (Å²) in [6.07, 6.45) is 7.24. The number of aliphatic carboxylic acids is 1. The third kappa shape index (κ3) is 18.7. The molecule has 2 fully saturated rings. The number of amides is 3. The lowest BCUT2D eigenvalue weighted by molar-refractivity contribution is -0.171. The minimum atomic E-state index is -1.30. The number of carboxylic acids is 1. The number of carboxylic acid groups (broad SMARTS) is 1. The number of nitrogens with one attached hydrogen (secondary N) is 2. The molecule has 2 aromatic carbocycles. The molecule has 16 heteroatoms. The van der Waals surface area contributed by atoms with Crippen molar-refractivity contribution < 1.29 is 43.3 Å². The highest BCUT2D eigenvalue weighted by Crippen LogP contribution is 2.44. The summed E-state index contributed by atoms with van der Waals surface area (Å²) in [6, 6.07) is 12.7. The summed E-state index contributed by atoms with van der Waals surface area (Å²) in [6.45, 7) is 21.3. The fraction of sp³-hybridized carbons (Fsp3) is 0.620. The van der Waals surface area contributed by atoms with E-state index < -0.39 is 41.3 Å². The number of hydrogen-bond donors (Lipinski definition) is 3. The molecule has 2 aromatic rings. The number of epoxide rings is 1. The number of carbonyl (C=O) groups is 5. The predicted octanol–water partition coefficient (Wildman–Crippen LogP) is 8.91. The van der Waals surface area contributed by atoms with Crippen molar-refractivity contribution in [3.8, 4) is 5.75 Å². The summed E-state index contributed by atoms with van der Waals surface area (Å²) >= 11 is 6.36. The predicted molar refractivity (Wildman–Crippen MR) is 267 cm³/mol. The fourth-order valence-electron chi connectivity index (χ4n) is 7.52. The van der Waals surface area contributed by atoms with Crippen molar-refractivity contribution in [2.75, 3.05) is 46.1 Å². The summed E-state index contributed by atoms with van der Waals surface area (Å²) in [5, 5.41) is 15.5. The van der Waals surface area contributed by atoms with Crippen LogP contribution in [0.25, 0.3) is 0 Å². The molecule has 0 saturated carbocycles. The maximum absolute atomic E-state index is 13.6. The van der Waals surface area contributed by atoms with Gasteiger partial charge in [-0.15, -0.1) is 0 Å². The second-order valence-corrected chi connectivity index (χ2v) is 22.1. The number of benzene rings is 2. The lowest BCUT2D eigenvalue weighted by Gasteiger charge is -2.35. The van der Waals surface area contributed by atoms with Crippen LogP contribution in [-0.2, 0) is 46.4 Å². The van der Waals surface area contributed by atoms with E-state index in [4.69, 9.17) is 25.8 Å². The molecule has 2 unspecified atom stereocenters. The summed E-state index contributed by atoms with van der Waals surface area (Å²) in [7, 11) is 5.08. The molecule has 66 heavy (non-hydrogen) atoms. The van der Waals surface area contributed by atoms with E-state index in [-0.39, 0.29) is 54.1 Å². The maximum atomic E-state index is 13.6. The van der Waals surface area contributed by atoms with Crippen LogP contribution >= 0.6 is 33.2 Å². The highest BCUT2D eigenvalue weighted by Gasteiger charge is 2.43. The number of allylic oxidation sites excluding steroid dienone is 1. The molecular formula is C50H75ClN4O9S2. The zero-order valence-electron chi connectivity index (χ0n) is 40.9. The van der Waals surface area contributed by atoms with Gasteiger partial charge >= 0.3 is 11.9 Å². The minimum Gasteiger partial charge on any atom is -0.495 e.